The van der Waals surface area contributed by atoms with Gasteiger partial charge in [0.05, 0.1) is 12.1 Å². The number of hydrogen-bond acceptors (Lipinski definition) is 9. The molecule has 2 aliphatic heterocycles. The SMILES string of the molecule is Cn1nccc1-c1nc(O[C@@H]2C[C@H]3C(=O)N[C@]4(C(=O)O)C[C@H]4C=CCCCCC[C@H](NC(=O)CC4CC4)C(=O)N3C2)c2sccc2n1. The number of rotatable bonds is 7. The minimum atomic E-state index is -1.41. The zero-order valence-corrected chi connectivity index (χ0v) is 27.1. The third-order valence-corrected chi connectivity index (χ3v) is 10.6. The van der Waals surface area contributed by atoms with E-state index in [1.807, 2.05) is 29.7 Å². The molecule has 3 amide bonds. The summed E-state index contributed by atoms with van der Waals surface area (Å²) in [7, 11) is 1.80. The van der Waals surface area contributed by atoms with Crippen molar-refractivity contribution < 1.29 is 29.0 Å². The third-order valence-electron chi connectivity index (χ3n) is 9.73. The number of fused-ring (bicyclic) bond motifs is 3. The molecule has 2 saturated carbocycles. The molecule has 1 saturated heterocycles. The van der Waals surface area contributed by atoms with E-state index in [1.165, 1.54) is 16.2 Å². The molecule has 2 aliphatic carbocycles. The number of amides is 3. The van der Waals surface area contributed by atoms with Crippen LogP contribution in [0.1, 0.15) is 64.2 Å². The lowest BCUT2D eigenvalue weighted by atomic mass is 10.0. The van der Waals surface area contributed by atoms with E-state index in [4.69, 9.17) is 9.72 Å². The van der Waals surface area contributed by atoms with E-state index in [-0.39, 0.29) is 30.7 Å². The standard InChI is InChI=1S/C33H39N7O6S/c1-39-24(11-13-34-39)28-36-22-12-14-47-27(22)30(37-28)46-21-16-25-29(42)38-33(32(44)45)17-20(33)7-5-3-2-4-6-8-23(31(43)40(25)18-21)35-26(41)15-19-9-10-19/h5,7,11-14,19-21,23,25H,2-4,6,8-10,15-18H2,1H3,(H,35,41)(H,38,42)(H,44,45)/t20-,21-,23+,25+,33-/m1/s1. The van der Waals surface area contributed by atoms with Crippen LogP contribution in [0.3, 0.4) is 0 Å². The molecular weight excluding hydrogens is 622 g/mol. The van der Waals surface area contributed by atoms with Gasteiger partial charge in [0.25, 0.3) is 0 Å². The van der Waals surface area contributed by atoms with Crippen LogP contribution in [0.25, 0.3) is 21.7 Å². The monoisotopic (exact) mass is 661 g/mol. The molecule has 14 heteroatoms. The second-order valence-electron chi connectivity index (χ2n) is 13.2. The van der Waals surface area contributed by atoms with Gasteiger partial charge in [0, 0.05) is 32.0 Å². The number of ether oxygens (including phenoxy) is 1. The minimum absolute atomic E-state index is 0.0766. The lowest BCUT2D eigenvalue weighted by Gasteiger charge is -2.29. The predicted molar refractivity (Wildman–Crippen MR) is 172 cm³/mol. The van der Waals surface area contributed by atoms with Crippen LogP contribution in [0.5, 0.6) is 5.88 Å². The molecule has 13 nitrogen and oxygen atoms in total. The fourth-order valence-electron chi connectivity index (χ4n) is 6.77. The number of carbonyl (C=O) groups is 4. The highest BCUT2D eigenvalue weighted by Crippen LogP contribution is 2.45. The number of nitrogens with one attached hydrogen (secondary N) is 2. The highest BCUT2D eigenvalue weighted by atomic mass is 32.1. The molecule has 5 atom stereocenters. The van der Waals surface area contributed by atoms with E-state index in [2.05, 4.69) is 20.7 Å². The Labute approximate surface area is 275 Å². The maximum atomic E-state index is 14.3. The van der Waals surface area contributed by atoms with Gasteiger partial charge in [0.2, 0.25) is 23.6 Å². The van der Waals surface area contributed by atoms with E-state index >= 15 is 0 Å². The summed E-state index contributed by atoms with van der Waals surface area (Å²) in [5.41, 5.74) is -0.00601. The fourth-order valence-corrected chi connectivity index (χ4v) is 7.53. The van der Waals surface area contributed by atoms with Crippen molar-refractivity contribution in [3.05, 3.63) is 35.9 Å². The molecule has 3 fully saturated rings. The Balaban J connectivity index is 1.19. The van der Waals surface area contributed by atoms with Crippen LogP contribution in [0.15, 0.2) is 35.9 Å². The van der Waals surface area contributed by atoms with E-state index in [0.717, 1.165) is 43.2 Å². The number of nitrogens with zero attached hydrogens (tertiary/aromatic N) is 5. The normalized spacial score (nSPS) is 28.1. The summed E-state index contributed by atoms with van der Waals surface area (Å²) in [4.78, 5) is 64.5. The molecule has 0 unspecified atom stereocenters. The number of aliphatic carboxylic acids is 1. The smallest absolute Gasteiger partial charge is 0.330 e. The first-order chi connectivity index (χ1) is 22.7. The van der Waals surface area contributed by atoms with Gasteiger partial charge in [0.1, 0.15) is 34.1 Å². The van der Waals surface area contributed by atoms with Crippen LogP contribution < -0.4 is 15.4 Å². The second kappa shape index (κ2) is 12.7. The number of aromatic nitrogens is 4. The molecule has 7 rings (SSSR count). The Morgan fingerprint density at radius 2 is 2.02 bits per heavy atom. The summed E-state index contributed by atoms with van der Waals surface area (Å²) in [6.45, 7) is 0.0766. The number of thiophene rings is 1. The van der Waals surface area contributed by atoms with Gasteiger partial charge in [0.15, 0.2) is 5.82 Å². The number of aryl methyl sites for hydroxylation is 1. The van der Waals surface area contributed by atoms with Crippen molar-refractivity contribution in [3.8, 4) is 17.4 Å². The van der Waals surface area contributed by atoms with Crippen LogP contribution in [0, 0.1) is 11.8 Å². The average Bonchev–Trinajstić information content (AvgIpc) is 3.76. The molecular formula is C33H39N7O6S. The lowest BCUT2D eigenvalue weighted by Crippen LogP contribution is -2.56. The largest absolute Gasteiger partial charge is 0.479 e. The molecule has 5 heterocycles. The first-order valence-electron chi connectivity index (χ1n) is 16.4. The Morgan fingerprint density at radius 3 is 2.79 bits per heavy atom. The highest BCUT2D eigenvalue weighted by molar-refractivity contribution is 7.17. The molecule has 3 aromatic rings. The molecule has 0 aromatic carbocycles. The van der Waals surface area contributed by atoms with Gasteiger partial charge in [-0.25, -0.2) is 9.78 Å². The number of allylic oxidation sites excluding steroid dienone is 1. The van der Waals surface area contributed by atoms with E-state index in [1.54, 1.807) is 17.9 Å². The van der Waals surface area contributed by atoms with Crippen LogP contribution in [0.4, 0.5) is 0 Å². The number of carboxylic acid groups (broad SMARTS) is 1. The fraction of sp³-hybridized carbons (Fsp3) is 0.545. The summed E-state index contributed by atoms with van der Waals surface area (Å²) in [6, 6.07) is 1.91. The van der Waals surface area contributed by atoms with E-state index in [9.17, 15) is 24.3 Å². The Bertz CT molecular complexity index is 1730. The van der Waals surface area contributed by atoms with Crippen molar-refractivity contribution in [2.24, 2.45) is 18.9 Å². The molecule has 0 radical (unpaired) electrons. The zero-order chi connectivity index (χ0) is 32.7. The third kappa shape index (κ3) is 6.47. The molecule has 3 N–H and O–H groups in total. The second-order valence-corrected chi connectivity index (χ2v) is 14.1. The number of carboxylic acids is 1. The summed E-state index contributed by atoms with van der Waals surface area (Å²) < 4.78 is 8.90. The van der Waals surface area contributed by atoms with Gasteiger partial charge in [-0.15, -0.1) is 11.3 Å². The Hall–Kier alpha value is -4.33. The van der Waals surface area contributed by atoms with Crippen molar-refractivity contribution in [1.82, 2.24) is 35.3 Å². The maximum absolute atomic E-state index is 14.3. The minimum Gasteiger partial charge on any atom is -0.479 e. The molecule has 4 aliphatic rings. The summed E-state index contributed by atoms with van der Waals surface area (Å²) in [5, 5.41) is 22.1. The van der Waals surface area contributed by atoms with Crippen LogP contribution >= 0.6 is 11.3 Å². The molecule has 3 aromatic heterocycles. The van der Waals surface area contributed by atoms with Crippen molar-refractivity contribution >= 4 is 45.2 Å². The quantitative estimate of drug-likeness (QED) is 0.322. The number of hydrogen-bond donors (Lipinski definition) is 3. The number of carbonyl (C=O) groups excluding carboxylic acids is 3. The van der Waals surface area contributed by atoms with Gasteiger partial charge in [-0.1, -0.05) is 25.0 Å². The van der Waals surface area contributed by atoms with Crippen LogP contribution in [-0.2, 0) is 26.2 Å². The summed E-state index contributed by atoms with van der Waals surface area (Å²) >= 11 is 1.43. The van der Waals surface area contributed by atoms with Crippen molar-refractivity contribution in [3.63, 3.8) is 0 Å². The average molecular weight is 662 g/mol. The van der Waals surface area contributed by atoms with Crippen LogP contribution in [-0.4, -0.2) is 83.7 Å². The van der Waals surface area contributed by atoms with E-state index in [0.29, 0.717) is 48.1 Å². The van der Waals surface area contributed by atoms with Crippen molar-refractivity contribution in [1.29, 1.82) is 0 Å². The van der Waals surface area contributed by atoms with Gasteiger partial charge in [-0.2, -0.15) is 10.1 Å². The topological polar surface area (TPSA) is 169 Å². The molecule has 0 spiro atoms. The molecule has 248 valence electrons. The highest BCUT2D eigenvalue weighted by Gasteiger charge is 2.61. The van der Waals surface area contributed by atoms with Gasteiger partial charge >= 0.3 is 5.97 Å². The lowest BCUT2D eigenvalue weighted by molar-refractivity contribution is -0.146. The van der Waals surface area contributed by atoms with E-state index < -0.39 is 35.6 Å². The molecule has 47 heavy (non-hydrogen) atoms. The predicted octanol–water partition coefficient (Wildman–Crippen LogP) is 3.20. The summed E-state index contributed by atoms with van der Waals surface area (Å²) in [5.74, 6) is -1.34. The zero-order valence-electron chi connectivity index (χ0n) is 26.3. The van der Waals surface area contributed by atoms with Crippen LogP contribution in [0.2, 0.25) is 0 Å². The Morgan fingerprint density at radius 1 is 1.17 bits per heavy atom. The first kappa shape index (κ1) is 31.3. The van der Waals surface area contributed by atoms with Gasteiger partial charge in [-0.05, 0) is 62.0 Å². The van der Waals surface area contributed by atoms with Crippen molar-refractivity contribution in [2.75, 3.05) is 6.54 Å². The summed E-state index contributed by atoms with van der Waals surface area (Å²) in [6.07, 6.45) is 11.5. The molecule has 0 bridgehead atoms. The first-order valence-corrected chi connectivity index (χ1v) is 17.3. The van der Waals surface area contributed by atoms with Crippen molar-refractivity contribution in [2.45, 2.75) is 87.9 Å². The van der Waals surface area contributed by atoms with Gasteiger partial charge in [-0.3, -0.25) is 19.1 Å². The maximum Gasteiger partial charge on any atom is 0.330 e. The Kier molecular flexibility index (Phi) is 8.45. The van der Waals surface area contributed by atoms with Gasteiger partial charge < -0.3 is 25.4 Å².